The molecule has 18 heavy (non-hydrogen) atoms. The van der Waals surface area contributed by atoms with Crippen LogP contribution in [0.1, 0.15) is 40.9 Å². The average molecular weight is 245 g/mol. The van der Waals surface area contributed by atoms with Gasteiger partial charge in [0.2, 0.25) is 0 Å². The summed E-state index contributed by atoms with van der Waals surface area (Å²) in [6, 6.07) is 5.26. The van der Waals surface area contributed by atoms with Crippen LogP contribution in [0.3, 0.4) is 0 Å². The fraction of sp³-hybridized carbons (Fsp3) is 0.357. The van der Waals surface area contributed by atoms with Gasteiger partial charge in [-0.1, -0.05) is 13.0 Å². The number of aldehydes is 1. The van der Waals surface area contributed by atoms with Crippen LogP contribution in [0.4, 0.5) is 0 Å². The Morgan fingerprint density at radius 1 is 1.44 bits per heavy atom. The number of benzene rings is 1. The molecule has 0 N–H and O–H groups in total. The smallest absolute Gasteiger partial charge is 0.310 e. The van der Waals surface area contributed by atoms with Crippen molar-refractivity contribution in [2.24, 2.45) is 0 Å². The van der Waals surface area contributed by atoms with E-state index in [9.17, 15) is 9.59 Å². The summed E-state index contributed by atoms with van der Waals surface area (Å²) in [6.07, 6.45) is 1.40. The van der Waals surface area contributed by atoms with Gasteiger partial charge in [0.25, 0.3) is 0 Å². The highest BCUT2D eigenvalue weighted by Gasteiger charge is 2.14. The summed E-state index contributed by atoms with van der Waals surface area (Å²) in [7, 11) is 0. The van der Waals surface area contributed by atoms with Crippen LogP contribution < -0.4 is 0 Å². The molecule has 0 aliphatic carbocycles. The molecular weight excluding hydrogens is 230 g/mol. The second-order valence-corrected chi connectivity index (χ2v) is 3.73. The van der Waals surface area contributed by atoms with Crippen molar-refractivity contribution >= 4 is 12.3 Å². The van der Waals surface area contributed by atoms with Gasteiger partial charge in [0.05, 0.1) is 24.7 Å². The molecule has 0 saturated heterocycles. The molecule has 0 aliphatic rings. The van der Waals surface area contributed by atoms with Gasteiger partial charge in [0.1, 0.15) is 0 Å². The predicted molar refractivity (Wildman–Crippen MR) is 66.3 cm³/mol. The minimum atomic E-state index is -0.325. The van der Waals surface area contributed by atoms with Crippen LogP contribution in [-0.2, 0) is 22.4 Å². The normalized spacial score (nSPS) is 9.61. The van der Waals surface area contributed by atoms with Gasteiger partial charge < -0.3 is 4.74 Å². The van der Waals surface area contributed by atoms with E-state index in [1.54, 1.807) is 19.1 Å². The molecule has 0 radical (unpaired) electrons. The van der Waals surface area contributed by atoms with Gasteiger partial charge in [-0.3, -0.25) is 9.59 Å². The van der Waals surface area contributed by atoms with E-state index in [-0.39, 0.29) is 12.4 Å². The molecule has 1 aromatic rings. The van der Waals surface area contributed by atoms with Crippen LogP contribution in [0.15, 0.2) is 12.1 Å². The fourth-order valence-electron chi connectivity index (χ4n) is 1.89. The van der Waals surface area contributed by atoms with Crippen LogP contribution in [0.5, 0.6) is 0 Å². The Morgan fingerprint density at radius 3 is 2.67 bits per heavy atom. The van der Waals surface area contributed by atoms with E-state index in [0.29, 0.717) is 30.4 Å². The number of esters is 1. The Balaban J connectivity index is 3.18. The van der Waals surface area contributed by atoms with Crippen molar-refractivity contribution in [2.45, 2.75) is 26.7 Å². The largest absolute Gasteiger partial charge is 0.466 e. The highest BCUT2D eigenvalue weighted by Crippen LogP contribution is 2.19. The second-order valence-electron chi connectivity index (χ2n) is 3.73. The van der Waals surface area contributed by atoms with E-state index >= 15 is 0 Å². The molecule has 0 amide bonds. The minimum Gasteiger partial charge on any atom is -0.466 e. The summed E-state index contributed by atoms with van der Waals surface area (Å²) in [5.74, 6) is -0.325. The van der Waals surface area contributed by atoms with Gasteiger partial charge in [0.15, 0.2) is 6.29 Å². The third-order valence-corrected chi connectivity index (χ3v) is 2.69. The number of carbonyl (C=O) groups is 2. The lowest BCUT2D eigenvalue weighted by atomic mass is 9.94. The van der Waals surface area contributed by atoms with Crippen LogP contribution in [-0.4, -0.2) is 18.9 Å². The van der Waals surface area contributed by atoms with Gasteiger partial charge >= 0.3 is 5.97 Å². The lowest BCUT2D eigenvalue weighted by molar-refractivity contribution is -0.142. The lowest BCUT2D eigenvalue weighted by Crippen LogP contribution is -2.11. The number of ether oxygens (including phenoxy) is 1. The summed E-state index contributed by atoms with van der Waals surface area (Å²) in [5.41, 5.74) is 2.21. The zero-order chi connectivity index (χ0) is 13.5. The van der Waals surface area contributed by atoms with E-state index in [1.165, 1.54) is 0 Å². The van der Waals surface area contributed by atoms with E-state index in [2.05, 4.69) is 0 Å². The van der Waals surface area contributed by atoms with E-state index in [0.717, 1.165) is 11.1 Å². The monoisotopic (exact) mass is 245 g/mol. The van der Waals surface area contributed by atoms with Crippen molar-refractivity contribution in [1.29, 1.82) is 5.26 Å². The molecule has 0 aliphatic heterocycles. The quantitative estimate of drug-likeness (QED) is 0.588. The average Bonchev–Trinajstić information content (AvgIpc) is 2.38. The Kier molecular flexibility index (Phi) is 5.06. The molecule has 0 unspecified atom stereocenters. The standard InChI is InChI=1S/C14H15NO3/c1-3-12-10(7-14(17)18-4-2)5-6-11(8-15)13(12)9-16/h5-6,9H,3-4,7H2,1-2H3. The molecule has 4 heteroatoms. The Hall–Kier alpha value is -2.15. The Bertz CT molecular complexity index is 500. The van der Waals surface area contributed by atoms with Crippen LogP contribution in [0, 0.1) is 11.3 Å². The maximum absolute atomic E-state index is 11.5. The molecular formula is C14H15NO3. The van der Waals surface area contributed by atoms with E-state index in [1.807, 2.05) is 13.0 Å². The SMILES string of the molecule is CCOC(=O)Cc1ccc(C#N)c(C=O)c1CC. The summed E-state index contributed by atoms with van der Waals surface area (Å²) in [5, 5.41) is 8.93. The van der Waals surface area contributed by atoms with Crippen molar-refractivity contribution in [1.82, 2.24) is 0 Å². The number of rotatable bonds is 5. The number of nitrogens with zero attached hydrogens (tertiary/aromatic N) is 1. The molecule has 0 fully saturated rings. The highest BCUT2D eigenvalue weighted by atomic mass is 16.5. The topological polar surface area (TPSA) is 67.2 Å². The van der Waals surface area contributed by atoms with E-state index in [4.69, 9.17) is 10.00 Å². The first-order chi connectivity index (χ1) is 8.67. The summed E-state index contributed by atoms with van der Waals surface area (Å²) < 4.78 is 4.88. The molecule has 0 spiro atoms. The first-order valence-corrected chi connectivity index (χ1v) is 5.83. The molecule has 1 rings (SSSR count). The van der Waals surface area contributed by atoms with Crippen molar-refractivity contribution in [3.05, 3.63) is 34.4 Å². The molecule has 0 saturated carbocycles. The zero-order valence-electron chi connectivity index (χ0n) is 10.5. The van der Waals surface area contributed by atoms with Crippen molar-refractivity contribution < 1.29 is 14.3 Å². The predicted octanol–water partition coefficient (Wildman–Crippen LogP) is 2.04. The molecule has 0 bridgehead atoms. The lowest BCUT2D eigenvalue weighted by Gasteiger charge is -2.11. The molecule has 4 nitrogen and oxygen atoms in total. The van der Waals surface area contributed by atoms with Gasteiger partial charge in [-0.05, 0) is 30.5 Å². The van der Waals surface area contributed by atoms with Gasteiger partial charge in [-0.25, -0.2) is 0 Å². The fourth-order valence-corrected chi connectivity index (χ4v) is 1.89. The summed E-state index contributed by atoms with van der Waals surface area (Å²) >= 11 is 0. The van der Waals surface area contributed by atoms with Crippen molar-refractivity contribution in [3.63, 3.8) is 0 Å². The third-order valence-electron chi connectivity index (χ3n) is 2.69. The minimum absolute atomic E-state index is 0.129. The Labute approximate surface area is 106 Å². The molecule has 0 atom stereocenters. The van der Waals surface area contributed by atoms with Crippen molar-refractivity contribution in [3.8, 4) is 6.07 Å². The van der Waals surface area contributed by atoms with Crippen LogP contribution in [0.2, 0.25) is 0 Å². The first kappa shape index (κ1) is 13.9. The summed E-state index contributed by atoms with van der Waals surface area (Å²) in [6.45, 7) is 3.96. The maximum Gasteiger partial charge on any atom is 0.310 e. The second kappa shape index (κ2) is 6.55. The van der Waals surface area contributed by atoms with E-state index < -0.39 is 0 Å². The molecule has 0 heterocycles. The highest BCUT2D eigenvalue weighted by molar-refractivity contribution is 5.83. The number of nitriles is 1. The first-order valence-electron chi connectivity index (χ1n) is 5.83. The number of hydrogen-bond acceptors (Lipinski definition) is 4. The maximum atomic E-state index is 11.5. The molecule has 1 aromatic carbocycles. The van der Waals surface area contributed by atoms with Crippen molar-refractivity contribution in [2.75, 3.05) is 6.61 Å². The zero-order valence-corrected chi connectivity index (χ0v) is 10.5. The van der Waals surface area contributed by atoms with Crippen LogP contribution in [0.25, 0.3) is 0 Å². The third kappa shape index (κ3) is 2.95. The molecule has 0 aromatic heterocycles. The number of hydrogen-bond donors (Lipinski definition) is 0. The van der Waals surface area contributed by atoms with Crippen LogP contribution >= 0.6 is 0 Å². The molecule has 94 valence electrons. The van der Waals surface area contributed by atoms with Gasteiger partial charge in [-0.15, -0.1) is 0 Å². The van der Waals surface area contributed by atoms with Gasteiger partial charge in [-0.2, -0.15) is 5.26 Å². The van der Waals surface area contributed by atoms with Gasteiger partial charge in [0, 0.05) is 5.56 Å². The Morgan fingerprint density at radius 2 is 2.17 bits per heavy atom. The number of carbonyl (C=O) groups excluding carboxylic acids is 2. The summed E-state index contributed by atoms with van der Waals surface area (Å²) in [4.78, 5) is 22.5.